The second kappa shape index (κ2) is 6.95. The summed E-state index contributed by atoms with van der Waals surface area (Å²) in [5.41, 5.74) is 7.53. The molecule has 0 atom stereocenters. The van der Waals surface area contributed by atoms with Gasteiger partial charge in [0.1, 0.15) is 5.82 Å². The lowest BCUT2D eigenvalue weighted by Gasteiger charge is -2.23. The van der Waals surface area contributed by atoms with Gasteiger partial charge in [0.05, 0.1) is 0 Å². The van der Waals surface area contributed by atoms with Crippen LogP contribution in [-0.4, -0.2) is 24.0 Å². The molecule has 2 rings (SSSR count). The van der Waals surface area contributed by atoms with E-state index in [0.717, 1.165) is 5.69 Å². The zero-order chi connectivity index (χ0) is 15.2. The first-order chi connectivity index (χ1) is 10.1. The van der Waals surface area contributed by atoms with Gasteiger partial charge in [0.15, 0.2) is 0 Å². The number of aromatic nitrogens is 1. The summed E-state index contributed by atoms with van der Waals surface area (Å²) >= 11 is 0. The van der Waals surface area contributed by atoms with E-state index < -0.39 is 0 Å². The molecule has 0 aliphatic heterocycles. The van der Waals surface area contributed by atoms with Crippen LogP contribution in [0.3, 0.4) is 0 Å². The molecule has 0 fully saturated rings. The molecule has 0 radical (unpaired) electrons. The van der Waals surface area contributed by atoms with Crippen molar-refractivity contribution in [2.75, 3.05) is 18.0 Å². The summed E-state index contributed by atoms with van der Waals surface area (Å²) in [6, 6.07) is 9.29. The van der Waals surface area contributed by atoms with Gasteiger partial charge in [0.2, 0.25) is 0 Å². The number of nitrogens with zero attached hydrogens (tertiary/aromatic N) is 2. The third-order valence-corrected chi connectivity index (χ3v) is 3.11. The lowest BCUT2D eigenvalue weighted by molar-refractivity contribution is 0.0986. The van der Waals surface area contributed by atoms with Crippen LogP contribution in [-0.2, 0) is 0 Å². The highest BCUT2D eigenvalue weighted by atomic mass is 19.1. The lowest BCUT2D eigenvalue weighted by atomic mass is 10.1. The van der Waals surface area contributed by atoms with Crippen molar-refractivity contribution in [3.8, 4) is 0 Å². The molecule has 2 N–H and O–H groups in total. The molecule has 5 heteroatoms. The van der Waals surface area contributed by atoms with Gasteiger partial charge in [0.25, 0.3) is 5.91 Å². The number of carbonyl (C=O) groups is 1. The van der Waals surface area contributed by atoms with E-state index in [1.165, 1.54) is 12.1 Å². The van der Waals surface area contributed by atoms with Crippen LogP contribution < -0.4 is 10.6 Å². The summed E-state index contributed by atoms with van der Waals surface area (Å²) in [7, 11) is 0. The van der Waals surface area contributed by atoms with Crippen LogP contribution in [0.1, 0.15) is 22.5 Å². The number of anilines is 1. The normalized spacial score (nSPS) is 10.4. The van der Waals surface area contributed by atoms with Crippen LogP contribution in [0.5, 0.6) is 0 Å². The zero-order valence-corrected chi connectivity index (χ0v) is 11.9. The molecular weight excluding hydrogens is 269 g/mol. The largest absolute Gasteiger partial charge is 0.330 e. The number of carbonyl (C=O) groups excluding carboxylic acids is 1. The molecule has 0 aliphatic rings. The van der Waals surface area contributed by atoms with Crippen molar-refractivity contribution in [2.45, 2.75) is 13.3 Å². The number of amides is 1. The zero-order valence-electron chi connectivity index (χ0n) is 11.9. The van der Waals surface area contributed by atoms with Gasteiger partial charge in [-0.2, -0.15) is 0 Å². The number of hydrogen-bond acceptors (Lipinski definition) is 3. The number of halogens is 1. The molecule has 110 valence electrons. The number of rotatable bonds is 5. The van der Waals surface area contributed by atoms with Crippen LogP contribution >= 0.6 is 0 Å². The van der Waals surface area contributed by atoms with E-state index in [4.69, 9.17) is 5.73 Å². The Morgan fingerprint density at radius 1 is 1.29 bits per heavy atom. The van der Waals surface area contributed by atoms with Crippen molar-refractivity contribution < 1.29 is 9.18 Å². The molecule has 0 bridgehead atoms. The maximum absolute atomic E-state index is 13.0. The van der Waals surface area contributed by atoms with Crippen molar-refractivity contribution in [3.05, 3.63) is 59.7 Å². The molecular formula is C16H18FN3O. The number of benzene rings is 1. The van der Waals surface area contributed by atoms with E-state index in [1.54, 1.807) is 35.4 Å². The third kappa shape index (κ3) is 3.86. The van der Waals surface area contributed by atoms with E-state index in [9.17, 15) is 9.18 Å². The number of aryl methyl sites for hydroxylation is 1. The van der Waals surface area contributed by atoms with Gasteiger partial charge in [0, 0.05) is 29.7 Å². The molecule has 4 nitrogen and oxygen atoms in total. The van der Waals surface area contributed by atoms with E-state index >= 15 is 0 Å². The third-order valence-electron chi connectivity index (χ3n) is 3.11. The summed E-state index contributed by atoms with van der Waals surface area (Å²) in [6.07, 6.45) is 2.28. The van der Waals surface area contributed by atoms with Crippen molar-refractivity contribution in [2.24, 2.45) is 5.73 Å². The van der Waals surface area contributed by atoms with Crippen molar-refractivity contribution in [1.82, 2.24) is 4.98 Å². The maximum atomic E-state index is 13.0. The van der Waals surface area contributed by atoms with Gasteiger partial charge >= 0.3 is 0 Å². The van der Waals surface area contributed by atoms with Gasteiger partial charge in [-0.15, -0.1) is 0 Å². The number of pyridine rings is 1. The first-order valence-corrected chi connectivity index (χ1v) is 6.82. The minimum atomic E-state index is -0.329. The average molecular weight is 287 g/mol. The summed E-state index contributed by atoms with van der Waals surface area (Å²) < 4.78 is 13.0. The Morgan fingerprint density at radius 2 is 2.00 bits per heavy atom. The molecule has 21 heavy (non-hydrogen) atoms. The fourth-order valence-corrected chi connectivity index (χ4v) is 2.05. The number of nitrogens with two attached hydrogens (primary N) is 1. The molecule has 0 saturated heterocycles. The smallest absolute Gasteiger partial charge is 0.258 e. The van der Waals surface area contributed by atoms with E-state index in [1.807, 2.05) is 6.92 Å². The van der Waals surface area contributed by atoms with Gasteiger partial charge in [-0.3, -0.25) is 9.78 Å². The summed E-state index contributed by atoms with van der Waals surface area (Å²) in [4.78, 5) is 18.4. The van der Waals surface area contributed by atoms with E-state index in [0.29, 0.717) is 30.8 Å². The second-order valence-corrected chi connectivity index (χ2v) is 4.76. The Balaban J connectivity index is 2.31. The first-order valence-electron chi connectivity index (χ1n) is 6.82. The Bertz CT molecular complexity index is 613. The van der Waals surface area contributed by atoms with Gasteiger partial charge < -0.3 is 10.6 Å². The summed E-state index contributed by atoms with van der Waals surface area (Å²) in [6.45, 7) is 2.81. The molecule has 1 amide bonds. The summed E-state index contributed by atoms with van der Waals surface area (Å²) in [5, 5.41) is 0. The van der Waals surface area contributed by atoms with E-state index in [-0.39, 0.29) is 11.7 Å². The van der Waals surface area contributed by atoms with Crippen molar-refractivity contribution in [3.63, 3.8) is 0 Å². The molecule has 0 aliphatic carbocycles. The van der Waals surface area contributed by atoms with E-state index in [2.05, 4.69) is 4.98 Å². The number of hydrogen-bond donors (Lipinski definition) is 1. The average Bonchev–Trinajstić information content (AvgIpc) is 2.49. The highest BCUT2D eigenvalue weighted by molar-refractivity contribution is 6.06. The molecule has 1 aromatic heterocycles. The predicted molar refractivity (Wildman–Crippen MR) is 80.7 cm³/mol. The molecule has 2 aromatic rings. The summed E-state index contributed by atoms with van der Waals surface area (Å²) in [5.74, 6) is -0.467. The van der Waals surface area contributed by atoms with Crippen LogP contribution in [0.15, 0.2) is 42.6 Å². The Labute approximate surface area is 123 Å². The standard InChI is InChI=1S/C16H18FN3O/c1-12-11-13(7-9-19-12)16(21)20(10-2-8-18)15-5-3-14(17)4-6-15/h3-7,9,11H,2,8,10,18H2,1H3. The molecule has 0 unspecified atom stereocenters. The SMILES string of the molecule is Cc1cc(C(=O)N(CCCN)c2ccc(F)cc2)ccn1. The molecule has 0 spiro atoms. The van der Waals surface area contributed by atoms with Gasteiger partial charge in [-0.05, 0) is 56.3 Å². The first kappa shape index (κ1) is 15.1. The Hall–Kier alpha value is -2.27. The fraction of sp³-hybridized carbons (Fsp3) is 0.250. The molecule has 1 heterocycles. The predicted octanol–water partition coefficient (Wildman–Crippen LogP) is 2.52. The topological polar surface area (TPSA) is 59.2 Å². The van der Waals surface area contributed by atoms with Gasteiger partial charge in [-0.1, -0.05) is 0 Å². The Kier molecular flexibility index (Phi) is 5.00. The van der Waals surface area contributed by atoms with Crippen molar-refractivity contribution >= 4 is 11.6 Å². The minimum absolute atomic E-state index is 0.138. The highest BCUT2D eigenvalue weighted by Gasteiger charge is 2.17. The highest BCUT2D eigenvalue weighted by Crippen LogP contribution is 2.18. The molecule has 0 saturated carbocycles. The van der Waals surface area contributed by atoms with Gasteiger partial charge in [-0.25, -0.2) is 4.39 Å². The Morgan fingerprint density at radius 3 is 2.62 bits per heavy atom. The fourth-order valence-electron chi connectivity index (χ4n) is 2.05. The van der Waals surface area contributed by atoms with Crippen molar-refractivity contribution in [1.29, 1.82) is 0 Å². The van der Waals surface area contributed by atoms with Crippen LogP contribution in [0.25, 0.3) is 0 Å². The van der Waals surface area contributed by atoms with Crippen LogP contribution in [0.2, 0.25) is 0 Å². The molecule has 1 aromatic carbocycles. The second-order valence-electron chi connectivity index (χ2n) is 4.76. The minimum Gasteiger partial charge on any atom is -0.330 e. The van der Waals surface area contributed by atoms with Crippen LogP contribution in [0.4, 0.5) is 10.1 Å². The quantitative estimate of drug-likeness (QED) is 0.919. The monoisotopic (exact) mass is 287 g/mol. The van der Waals surface area contributed by atoms with Crippen LogP contribution in [0, 0.1) is 12.7 Å². The maximum Gasteiger partial charge on any atom is 0.258 e. The lowest BCUT2D eigenvalue weighted by Crippen LogP contribution is -2.33.